The molecule has 174 valence electrons. The monoisotopic (exact) mass is 461 g/mol. The molecule has 0 aliphatic carbocycles. The minimum Gasteiger partial charge on any atom is -0.364 e. The Morgan fingerprint density at radius 1 is 1.15 bits per heavy atom. The fraction of sp³-hybridized carbons (Fsp3) is 0.429. The third kappa shape index (κ3) is 4.61. The number of fused-ring (bicyclic) bond motifs is 1. The molecule has 1 unspecified atom stereocenters. The molecule has 33 heavy (non-hydrogen) atoms. The van der Waals surface area contributed by atoms with E-state index in [4.69, 9.17) is 4.99 Å². The molecule has 5 heteroatoms. The van der Waals surface area contributed by atoms with Gasteiger partial charge in [0.15, 0.2) is 5.17 Å². The highest BCUT2D eigenvalue weighted by atomic mass is 32.2. The topological polar surface area (TPSA) is 44.7 Å². The second kappa shape index (κ2) is 8.68. The van der Waals surface area contributed by atoms with Crippen molar-refractivity contribution in [2.45, 2.75) is 79.3 Å². The van der Waals surface area contributed by atoms with Crippen molar-refractivity contribution < 1.29 is 4.79 Å². The first-order valence-electron chi connectivity index (χ1n) is 11.8. The Kier molecular flexibility index (Phi) is 6.21. The van der Waals surface area contributed by atoms with Gasteiger partial charge >= 0.3 is 0 Å². The van der Waals surface area contributed by atoms with Crippen LogP contribution in [0.3, 0.4) is 0 Å². The first-order chi connectivity index (χ1) is 15.5. The Balaban J connectivity index is 1.68. The fourth-order valence-electron chi connectivity index (χ4n) is 5.41. The van der Waals surface area contributed by atoms with Crippen molar-refractivity contribution in [3.63, 3.8) is 0 Å². The van der Waals surface area contributed by atoms with E-state index in [0.717, 1.165) is 23.2 Å². The molecule has 2 aliphatic rings. The maximum Gasteiger partial charge on any atom is 0.264 e. The summed E-state index contributed by atoms with van der Waals surface area (Å²) < 4.78 is 0. The number of rotatable bonds is 3. The molecule has 2 heterocycles. The molecule has 1 atom stereocenters. The Bertz CT molecular complexity index is 1180. The van der Waals surface area contributed by atoms with E-state index in [0.29, 0.717) is 22.0 Å². The molecule has 0 bridgehead atoms. The summed E-state index contributed by atoms with van der Waals surface area (Å²) in [4.78, 5) is 20.7. The molecule has 2 aliphatic heterocycles. The van der Waals surface area contributed by atoms with Gasteiger partial charge in [-0.3, -0.25) is 4.79 Å². The number of benzene rings is 2. The molecule has 2 aromatic carbocycles. The molecule has 4 rings (SSSR count). The van der Waals surface area contributed by atoms with Crippen molar-refractivity contribution in [3.05, 3.63) is 63.1 Å². The summed E-state index contributed by atoms with van der Waals surface area (Å²) >= 11 is 1.41. The SMILES string of the molecule is Cc1ccc(N=C2NC(=O)/C(=C/c3cc4c(cc3C)N(C(C)C)C(C)(C)CC4C)S2)c(C)c1. The summed E-state index contributed by atoms with van der Waals surface area (Å²) in [7, 11) is 0. The van der Waals surface area contributed by atoms with Crippen molar-refractivity contribution in [2.24, 2.45) is 4.99 Å². The number of aliphatic imine (C=N–C) groups is 1. The van der Waals surface area contributed by atoms with E-state index in [2.05, 4.69) is 76.9 Å². The number of thioether (sulfide) groups is 1. The number of carbonyl (C=O) groups is 1. The van der Waals surface area contributed by atoms with Crippen molar-refractivity contribution in [2.75, 3.05) is 4.90 Å². The van der Waals surface area contributed by atoms with Gasteiger partial charge < -0.3 is 10.2 Å². The number of hydrogen-bond donors (Lipinski definition) is 1. The van der Waals surface area contributed by atoms with Crippen LogP contribution in [-0.2, 0) is 4.79 Å². The van der Waals surface area contributed by atoms with Crippen LogP contribution in [0.25, 0.3) is 6.08 Å². The zero-order valence-corrected chi connectivity index (χ0v) is 21.9. The molecule has 0 spiro atoms. The number of carbonyl (C=O) groups excluding carboxylic acids is 1. The predicted molar refractivity (Wildman–Crippen MR) is 143 cm³/mol. The predicted octanol–water partition coefficient (Wildman–Crippen LogP) is 7.00. The van der Waals surface area contributed by atoms with Gasteiger partial charge in [-0.05, 0) is 119 Å². The number of nitrogens with zero attached hydrogens (tertiary/aromatic N) is 2. The van der Waals surface area contributed by atoms with Gasteiger partial charge in [0.1, 0.15) is 0 Å². The van der Waals surface area contributed by atoms with Crippen molar-refractivity contribution in [3.8, 4) is 0 Å². The van der Waals surface area contributed by atoms with E-state index in [9.17, 15) is 4.79 Å². The Morgan fingerprint density at radius 3 is 2.55 bits per heavy atom. The zero-order valence-electron chi connectivity index (χ0n) is 21.0. The quantitative estimate of drug-likeness (QED) is 0.500. The van der Waals surface area contributed by atoms with E-state index >= 15 is 0 Å². The second-order valence-corrected chi connectivity index (χ2v) is 11.5. The lowest BCUT2D eigenvalue weighted by Crippen LogP contribution is -2.51. The summed E-state index contributed by atoms with van der Waals surface area (Å²) in [6.45, 7) is 17.8. The fourth-order valence-corrected chi connectivity index (χ4v) is 6.23. The number of aryl methyl sites for hydroxylation is 3. The zero-order chi connectivity index (χ0) is 24.1. The van der Waals surface area contributed by atoms with Crippen LogP contribution in [0.15, 0.2) is 40.2 Å². The van der Waals surface area contributed by atoms with Gasteiger partial charge in [-0.15, -0.1) is 0 Å². The maximum atomic E-state index is 12.7. The van der Waals surface area contributed by atoms with E-state index in [1.165, 1.54) is 34.1 Å². The van der Waals surface area contributed by atoms with Crippen LogP contribution >= 0.6 is 11.8 Å². The Labute approximate surface area is 202 Å². The third-order valence-corrected chi connectivity index (χ3v) is 7.60. The molecule has 1 saturated heterocycles. The number of amides is 1. The number of anilines is 1. The molecular formula is C28H35N3OS. The van der Waals surface area contributed by atoms with E-state index in [1.54, 1.807) is 0 Å². The van der Waals surface area contributed by atoms with Gasteiger partial charge in [0.25, 0.3) is 5.91 Å². The molecule has 1 N–H and O–H groups in total. The van der Waals surface area contributed by atoms with Gasteiger partial charge in [-0.1, -0.05) is 24.6 Å². The van der Waals surface area contributed by atoms with Crippen LogP contribution in [0.5, 0.6) is 0 Å². The van der Waals surface area contributed by atoms with Gasteiger partial charge in [0, 0.05) is 17.3 Å². The normalized spacial score (nSPS) is 22.3. The van der Waals surface area contributed by atoms with Crippen LogP contribution < -0.4 is 10.2 Å². The van der Waals surface area contributed by atoms with Crippen LogP contribution in [-0.4, -0.2) is 22.7 Å². The van der Waals surface area contributed by atoms with Crippen LogP contribution in [0.1, 0.15) is 74.8 Å². The summed E-state index contributed by atoms with van der Waals surface area (Å²) in [6.07, 6.45) is 3.13. The van der Waals surface area contributed by atoms with Crippen LogP contribution in [0, 0.1) is 20.8 Å². The molecule has 0 saturated carbocycles. The highest BCUT2D eigenvalue weighted by Crippen LogP contribution is 2.45. The minimum atomic E-state index is -0.0846. The first-order valence-corrected chi connectivity index (χ1v) is 12.6. The lowest BCUT2D eigenvalue weighted by Gasteiger charge is -2.50. The molecule has 2 aromatic rings. The number of nitrogens with one attached hydrogen (secondary N) is 1. The van der Waals surface area contributed by atoms with Crippen molar-refractivity contribution in [1.82, 2.24) is 5.32 Å². The summed E-state index contributed by atoms with van der Waals surface area (Å²) in [5, 5.41) is 3.57. The summed E-state index contributed by atoms with van der Waals surface area (Å²) in [5.41, 5.74) is 8.30. The smallest absolute Gasteiger partial charge is 0.264 e. The van der Waals surface area contributed by atoms with E-state index in [-0.39, 0.29) is 11.4 Å². The molecule has 4 nitrogen and oxygen atoms in total. The molecule has 1 fully saturated rings. The van der Waals surface area contributed by atoms with Gasteiger partial charge in [0.2, 0.25) is 0 Å². The van der Waals surface area contributed by atoms with Gasteiger partial charge in [-0.2, -0.15) is 0 Å². The largest absolute Gasteiger partial charge is 0.364 e. The summed E-state index contributed by atoms with van der Waals surface area (Å²) in [6, 6.07) is 11.2. The number of hydrogen-bond acceptors (Lipinski definition) is 4. The molecular weight excluding hydrogens is 426 g/mol. The van der Waals surface area contributed by atoms with Crippen LogP contribution in [0.4, 0.5) is 11.4 Å². The number of amidine groups is 1. The van der Waals surface area contributed by atoms with Crippen molar-refractivity contribution >= 4 is 40.3 Å². The standard InChI is InChI=1S/C28H35N3OS/c1-16(2)31-24-12-18(4)21(13-22(24)20(6)15-28(31,7)8)14-25-26(32)30-27(33-25)29-23-10-9-17(3)11-19(23)5/h9-14,16,20H,15H2,1-8H3,(H,29,30,32)/b25-14-. The molecule has 1 amide bonds. The first kappa shape index (κ1) is 23.6. The van der Waals surface area contributed by atoms with Crippen molar-refractivity contribution in [1.29, 1.82) is 0 Å². The summed E-state index contributed by atoms with van der Waals surface area (Å²) in [5.74, 6) is 0.382. The maximum absolute atomic E-state index is 12.7. The lowest BCUT2D eigenvalue weighted by atomic mass is 9.78. The average molecular weight is 462 g/mol. The molecule has 0 radical (unpaired) electrons. The van der Waals surface area contributed by atoms with Gasteiger partial charge in [0.05, 0.1) is 10.6 Å². The minimum absolute atomic E-state index is 0.0846. The van der Waals surface area contributed by atoms with Crippen LogP contribution in [0.2, 0.25) is 0 Å². The Morgan fingerprint density at radius 2 is 1.88 bits per heavy atom. The van der Waals surface area contributed by atoms with Gasteiger partial charge in [-0.25, -0.2) is 4.99 Å². The molecule has 0 aromatic heterocycles. The van der Waals surface area contributed by atoms with E-state index < -0.39 is 0 Å². The Hall–Kier alpha value is -2.53. The highest BCUT2D eigenvalue weighted by molar-refractivity contribution is 8.18. The third-order valence-electron chi connectivity index (χ3n) is 6.69. The second-order valence-electron chi connectivity index (χ2n) is 10.4. The van der Waals surface area contributed by atoms with E-state index in [1.807, 2.05) is 25.1 Å². The highest BCUT2D eigenvalue weighted by Gasteiger charge is 2.38. The lowest BCUT2D eigenvalue weighted by molar-refractivity contribution is -0.115. The average Bonchev–Trinajstić information content (AvgIpc) is 3.03.